The molecule has 3 N–H and O–H groups in total. The smallest absolute Gasteiger partial charge is 0.323 e. The summed E-state index contributed by atoms with van der Waals surface area (Å²) in [7, 11) is 0. The highest BCUT2D eigenvalue weighted by Gasteiger charge is 2.27. The van der Waals surface area contributed by atoms with Crippen LogP contribution in [0.5, 0.6) is 0 Å². The van der Waals surface area contributed by atoms with Gasteiger partial charge in [0.2, 0.25) is 5.91 Å². The maximum absolute atomic E-state index is 12.1. The van der Waals surface area contributed by atoms with Gasteiger partial charge in [0.1, 0.15) is 6.54 Å². The van der Waals surface area contributed by atoms with E-state index in [0.29, 0.717) is 31.0 Å². The molecule has 2 rings (SSSR count). The fourth-order valence-electron chi connectivity index (χ4n) is 2.19. The Balaban J connectivity index is 1.88. The number of aryl methyl sites for hydroxylation is 1. The van der Waals surface area contributed by atoms with Gasteiger partial charge in [-0.2, -0.15) is 0 Å². The molecular weight excluding hydrogens is 256 g/mol. The van der Waals surface area contributed by atoms with E-state index < -0.39 is 5.97 Å². The highest BCUT2D eigenvalue weighted by Crippen LogP contribution is 2.29. The highest BCUT2D eigenvalue weighted by atomic mass is 16.4. The average Bonchev–Trinajstić information content (AvgIpc) is 3.19. The fraction of sp³-hybridized carbons (Fsp3) is 0.467. The molecule has 5 heteroatoms. The summed E-state index contributed by atoms with van der Waals surface area (Å²) in [5.74, 6) is -0.560. The summed E-state index contributed by atoms with van der Waals surface area (Å²) in [6, 6.07) is 7.42. The molecule has 0 aliphatic heterocycles. The number of carboxylic acid groups (broad SMARTS) is 1. The van der Waals surface area contributed by atoms with Crippen LogP contribution >= 0.6 is 0 Å². The summed E-state index contributed by atoms with van der Waals surface area (Å²) in [6.45, 7) is 0.369. The molecule has 0 atom stereocenters. The van der Waals surface area contributed by atoms with Crippen molar-refractivity contribution in [1.82, 2.24) is 4.90 Å². The maximum Gasteiger partial charge on any atom is 0.323 e. The maximum atomic E-state index is 12.1. The number of carboxylic acids is 1. The van der Waals surface area contributed by atoms with Crippen molar-refractivity contribution < 1.29 is 14.7 Å². The molecule has 0 saturated heterocycles. The summed E-state index contributed by atoms with van der Waals surface area (Å²) >= 11 is 0. The van der Waals surface area contributed by atoms with Crippen LogP contribution in [0.25, 0.3) is 0 Å². The van der Waals surface area contributed by atoms with Crippen LogP contribution in [-0.2, 0) is 16.0 Å². The van der Waals surface area contributed by atoms with Crippen LogP contribution in [-0.4, -0.2) is 35.0 Å². The van der Waals surface area contributed by atoms with E-state index in [1.165, 1.54) is 4.90 Å². The molecule has 108 valence electrons. The van der Waals surface area contributed by atoms with Gasteiger partial charge in [-0.15, -0.1) is 0 Å². The van der Waals surface area contributed by atoms with Crippen LogP contribution in [0.1, 0.15) is 24.8 Å². The van der Waals surface area contributed by atoms with Gasteiger partial charge >= 0.3 is 5.97 Å². The average molecular weight is 276 g/mol. The summed E-state index contributed by atoms with van der Waals surface area (Å²) in [4.78, 5) is 24.4. The minimum Gasteiger partial charge on any atom is -0.480 e. The second kappa shape index (κ2) is 6.41. The van der Waals surface area contributed by atoms with Crippen molar-refractivity contribution in [3.8, 4) is 0 Å². The number of nitrogen functional groups attached to an aromatic ring is 1. The molecule has 0 bridgehead atoms. The summed E-state index contributed by atoms with van der Waals surface area (Å²) in [5, 5.41) is 8.88. The SMILES string of the molecule is Nc1cccc(CCC(=O)N(CC(=O)O)CC2CC2)c1. The first kappa shape index (κ1) is 14.4. The Morgan fingerprint density at radius 2 is 2.10 bits per heavy atom. The van der Waals surface area contributed by atoms with Crippen molar-refractivity contribution in [3.05, 3.63) is 29.8 Å². The van der Waals surface area contributed by atoms with Gasteiger partial charge in [0.15, 0.2) is 0 Å². The molecule has 1 aromatic carbocycles. The number of carbonyl (C=O) groups excluding carboxylic acids is 1. The molecule has 1 saturated carbocycles. The van der Waals surface area contributed by atoms with Gasteiger partial charge in [0.25, 0.3) is 0 Å². The lowest BCUT2D eigenvalue weighted by Crippen LogP contribution is -2.37. The Bertz CT molecular complexity index is 498. The van der Waals surface area contributed by atoms with E-state index in [-0.39, 0.29) is 12.5 Å². The fourth-order valence-corrected chi connectivity index (χ4v) is 2.19. The van der Waals surface area contributed by atoms with Crippen LogP contribution < -0.4 is 5.73 Å². The van der Waals surface area contributed by atoms with Crippen LogP contribution in [0, 0.1) is 5.92 Å². The molecule has 0 heterocycles. The van der Waals surface area contributed by atoms with Gasteiger partial charge < -0.3 is 15.7 Å². The number of hydrogen-bond donors (Lipinski definition) is 2. The number of amides is 1. The lowest BCUT2D eigenvalue weighted by molar-refractivity contribution is -0.144. The molecule has 5 nitrogen and oxygen atoms in total. The minimum atomic E-state index is -0.956. The zero-order chi connectivity index (χ0) is 14.5. The Morgan fingerprint density at radius 1 is 1.35 bits per heavy atom. The third-order valence-electron chi connectivity index (χ3n) is 3.43. The van der Waals surface area contributed by atoms with E-state index in [1.807, 2.05) is 18.2 Å². The van der Waals surface area contributed by atoms with Gasteiger partial charge in [-0.25, -0.2) is 0 Å². The predicted molar refractivity (Wildman–Crippen MR) is 76.1 cm³/mol. The van der Waals surface area contributed by atoms with E-state index in [2.05, 4.69) is 0 Å². The van der Waals surface area contributed by atoms with E-state index in [0.717, 1.165) is 18.4 Å². The Kier molecular flexibility index (Phi) is 4.61. The molecule has 1 amide bonds. The molecule has 0 aromatic heterocycles. The molecule has 0 spiro atoms. The molecule has 0 radical (unpaired) electrons. The van der Waals surface area contributed by atoms with Crippen molar-refractivity contribution in [3.63, 3.8) is 0 Å². The minimum absolute atomic E-state index is 0.0956. The number of aliphatic carboxylic acids is 1. The lowest BCUT2D eigenvalue weighted by atomic mass is 10.1. The van der Waals surface area contributed by atoms with E-state index in [1.54, 1.807) is 6.07 Å². The summed E-state index contributed by atoms with van der Waals surface area (Å²) < 4.78 is 0. The number of rotatable bonds is 7. The molecule has 1 aromatic rings. The van der Waals surface area contributed by atoms with Gasteiger partial charge in [0.05, 0.1) is 0 Å². The zero-order valence-corrected chi connectivity index (χ0v) is 11.4. The lowest BCUT2D eigenvalue weighted by Gasteiger charge is -2.20. The number of hydrogen-bond acceptors (Lipinski definition) is 3. The molecule has 1 fully saturated rings. The quantitative estimate of drug-likeness (QED) is 0.740. The summed E-state index contributed by atoms with van der Waals surface area (Å²) in [5.41, 5.74) is 7.37. The normalized spacial score (nSPS) is 14.0. The van der Waals surface area contributed by atoms with Crippen molar-refractivity contribution in [2.45, 2.75) is 25.7 Å². The van der Waals surface area contributed by atoms with Crippen molar-refractivity contribution in [1.29, 1.82) is 0 Å². The monoisotopic (exact) mass is 276 g/mol. The second-order valence-electron chi connectivity index (χ2n) is 5.36. The van der Waals surface area contributed by atoms with E-state index in [9.17, 15) is 9.59 Å². The molecule has 1 aliphatic rings. The van der Waals surface area contributed by atoms with E-state index in [4.69, 9.17) is 10.8 Å². The predicted octanol–water partition coefficient (Wildman–Crippen LogP) is 1.52. The molecule has 20 heavy (non-hydrogen) atoms. The van der Waals surface area contributed by atoms with Crippen LogP contribution in [0.15, 0.2) is 24.3 Å². The van der Waals surface area contributed by atoms with Crippen molar-refractivity contribution in [2.24, 2.45) is 5.92 Å². The Labute approximate surface area is 118 Å². The number of carbonyl (C=O) groups is 2. The summed E-state index contributed by atoms with van der Waals surface area (Å²) in [6.07, 6.45) is 3.10. The first-order chi connectivity index (χ1) is 9.54. The third kappa shape index (κ3) is 4.57. The van der Waals surface area contributed by atoms with Gasteiger partial charge in [-0.1, -0.05) is 12.1 Å². The van der Waals surface area contributed by atoms with Gasteiger partial charge in [-0.05, 0) is 42.9 Å². The van der Waals surface area contributed by atoms with Crippen molar-refractivity contribution >= 4 is 17.6 Å². The Morgan fingerprint density at radius 3 is 2.70 bits per heavy atom. The number of nitrogens with zero attached hydrogens (tertiary/aromatic N) is 1. The molecule has 1 aliphatic carbocycles. The van der Waals surface area contributed by atoms with Crippen LogP contribution in [0.4, 0.5) is 5.69 Å². The first-order valence-electron chi connectivity index (χ1n) is 6.88. The topological polar surface area (TPSA) is 83.6 Å². The van der Waals surface area contributed by atoms with E-state index >= 15 is 0 Å². The molecule has 0 unspecified atom stereocenters. The van der Waals surface area contributed by atoms with Gasteiger partial charge in [-0.3, -0.25) is 9.59 Å². The Hall–Kier alpha value is -2.04. The molecular formula is C15H20N2O3. The number of anilines is 1. The number of nitrogens with two attached hydrogens (primary N) is 1. The largest absolute Gasteiger partial charge is 0.480 e. The standard InChI is InChI=1S/C15H20N2O3/c16-13-3-1-2-11(8-13)6-7-14(18)17(10-15(19)20)9-12-4-5-12/h1-3,8,12H,4-7,9-10,16H2,(H,19,20). The van der Waals surface area contributed by atoms with Crippen molar-refractivity contribution in [2.75, 3.05) is 18.8 Å². The second-order valence-corrected chi connectivity index (χ2v) is 5.36. The number of benzene rings is 1. The van der Waals surface area contributed by atoms with Crippen LogP contribution in [0.2, 0.25) is 0 Å². The highest BCUT2D eigenvalue weighted by molar-refractivity contribution is 5.81. The van der Waals surface area contributed by atoms with Gasteiger partial charge in [0, 0.05) is 18.7 Å². The zero-order valence-electron chi connectivity index (χ0n) is 11.4. The first-order valence-corrected chi connectivity index (χ1v) is 6.88. The van der Waals surface area contributed by atoms with Crippen LogP contribution in [0.3, 0.4) is 0 Å². The third-order valence-corrected chi connectivity index (χ3v) is 3.43.